The Balaban J connectivity index is 2.39. The zero-order valence-electron chi connectivity index (χ0n) is 9.09. The molecule has 1 aromatic heterocycles. The van der Waals surface area contributed by atoms with E-state index in [1.165, 1.54) is 23.6 Å². The zero-order valence-corrected chi connectivity index (χ0v) is 13.9. The molecule has 0 aliphatic rings. The van der Waals surface area contributed by atoms with E-state index in [1.807, 2.05) is 0 Å². The highest BCUT2D eigenvalue weighted by Gasteiger charge is 2.31. The van der Waals surface area contributed by atoms with E-state index in [9.17, 15) is 13.2 Å². The standard InChI is InChI=1S/C11H5Br2F3NS2/c12-6-3-8(13)7(5-10-17-1-2-18-10)9(4-6)19-11(14,15)16/h1,3-4H,5H2. The Morgan fingerprint density at radius 3 is 2.63 bits per heavy atom. The Morgan fingerprint density at radius 1 is 1.32 bits per heavy atom. The summed E-state index contributed by atoms with van der Waals surface area (Å²) in [6, 6.07) is 3.20. The number of hydrogen-bond acceptors (Lipinski definition) is 3. The third kappa shape index (κ3) is 4.47. The summed E-state index contributed by atoms with van der Waals surface area (Å²) in [5.74, 6) is 0. The molecule has 1 radical (unpaired) electrons. The van der Waals surface area contributed by atoms with Gasteiger partial charge in [0, 0.05) is 26.5 Å². The summed E-state index contributed by atoms with van der Waals surface area (Å²) in [6.07, 6.45) is 1.86. The molecular weight excluding hydrogens is 427 g/mol. The van der Waals surface area contributed by atoms with Crippen LogP contribution in [0.25, 0.3) is 0 Å². The van der Waals surface area contributed by atoms with Crippen LogP contribution in [-0.2, 0) is 6.42 Å². The predicted molar refractivity (Wildman–Crippen MR) is 77.5 cm³/mol. The van der Waals surface area contributed by atoms with Gasteiger partial charge in [-0.3, -0.25) is 0 Å². The molecule has 2 aromatic rings. The molecule has 0 saturated heterocycles. The maximum Gasteiger partial charge on any atom is 0.446 e. The van der Waals surface area contributed by atoms with E-state index in [1.54, 1.807) is 6.07 Å². The van der Waals surface area contributed by atoms with Crippen molar-refractivity contribution in [1.29, 1.82) is 0 Å². The second-order valence-corrected chi connectivity index (χ2v) is 7.25. The molecule has 19 heavy (non-hydrogen) atoms. The number of halogens is 5. The number of benzene rings is 1. The number of nitrogens with zero attached hydrogens (tertiary/aromatic N) is 1. The van der Waals surface area contributed by atoms with Crippen molar-refractivity contribution >= 4 is 55.0 Å². The van der Waals surface area contributed by atoms with Gasteiger partial charge in [0.15, 0.2) is 0 Å². The fourth-order valence-electron chi connectivity index (χ4n) is 1.42. The van der Waals surface area contributed by atoms with E-state index in [4.69, 9.17) is 0 Å². The molecule has 101 valence electrons. The molecule has 1 nitrogen and oxygen atoms in total. The average molecular weight is 432 g/mol. The van der Waals surface area contributed by atoms with E-state index in [0.29, 0.717) is 20.9 Å². The number of alkyl halides is 3. The van der Waals surface area contributed by atoms with Crippen LogP contribution >= 0.6 is 55.0 Å². The van der Waals surface area contributed by atoms with Crippen LogP contribution in [0.2, 0.25) is 0 Å². The minimum atomic E-state index is -4.32. The van der Waals surface area contributed by atoms with E-state index < -0.39 is 5.51 Å². The summed E-state index contributed by atoms with van der Waals surface area (Å²) in [7, 11) is 0. The maximum atomic E-state index is 12.6. The topological polar surface area (TPSA) is 12.9 Å². The monoisotopic (exact) mass is 430 g/mol. The lowest BCUT2D eigenvalue weighted by atomic mass is 10.1. The number of aromatic nitrogens is 1. The van der Waals surface area contributed by atoms with Gasteiger partial charge in [0.1, 0.15) is 0 Å². The molecule has 0 bridgehead atoms. The highest BCUT2D eigenvalue weighted by Crippen LogP contribution is 2.42. The van der Waals surface area contributed by atoms with Crippen LogP contribution in [-0.4, -0.2) is 10.5 Å². The summed E-state index contributed by atoms with van der Waals surface area (Å²) >= 11 is 7.69. The molecule has 0 aliphatic carbocycles. The van der Waals surface area contributed by atoms with Gasteiger partial charge in [0.2, 0.25) is 0 Å². The van der Waals surface area contributed by atoms with Gasteiger partial charge in [0.25, 0.3) is 0 Å². The molecule has 0 spiro atoms. The molecule has 0 aliphatic heterocycles. The maximum absolute atomic E-state index is 12.6. The van der Waals surface area contributed by atoms with Gasteiger partial charge in [-0.15, -0.1) is 11.3 Å². The molecular formula is C11H5Br2F3NS2. The van der Waals surface area contributed by atoms with Crippen LogP contribution in [0.3, 0.4) is 0 Å². The van der Waals surface area contributed by atoms with Crippen molar-refractivity contribution in [3.63, 3.8) is 0 Å². The van der Waals surface area contributed by atoms with Crippen molar-refractivity contribution in [2.45, 2.75) is 16.8 Å². The summed E-state index contributed by atoms with van der Waals surface area (Å²) < 4.78 is 39.0. The third-order valence-corrected chi connectivity index (χ3v) is 4.80. The van der Waals surface area contributed by atoms with Crippen molar-refractivity contribution in [1.82, 2.24) is 4.98 Å². The molecule has 0 unspecified atom stereocenters. The lowest BCUT2D eigenvalue weighted by molar-refractivity contribution is -0.0328. The quantitative estimate of drug-likeness (QED) is 0.580. The van der Waals surface area contributed by atoms with E-state index in [-0.39, 0.29) is 16.7 Å². The summed E-state index contributed by atoms with van der Waals surface area (Å²) in [4.78, 5) is 4.22. The Kier molecular flexibility index (Phi) is 4.97. The van der Waals surface area contributed by atoms with Crippen LogP contribution in [0, 0.1) is 5.38 Å². The third-order valence-electron chi connectivity index (χ3n) is 2.11. The first-order valence-corrected chi connectivity index (χ1v) is 8.11. The fraction of sp³-hybridized carbons (Fsp3) is 0.182. The van der Waals surface area contributed by atoms with Gasteiger partial charge < -0.3 is 0 Å². The minimum Gasteiger partial charge on any atom is -0.249 e. The summed E-state index contributed by atoms with van der Waals surface area (Å²) in [6.45, 7) is 0. The SMILES string of the molecule is FC(F)(F)Sc1cc(Br)cc(Br)c1Cc1nc[c]s1. The zero-order chi connectivity index (χ0) is 14.0. The number of rotatable bonds is 3. The molecule has 0 atom stereocenters. The van der Waals surface area contributed by atoms with E-state index in [2.05, 4.69) is 42.2 Å². The van der Waals surface area contributed by atoms with Gasteiger partial charge in [-0.05, 0) is 29.5 Å². The van der Waals surface area contributed by atoms with E-state index >= 15 is 0 Å². The van der Waals surface area contributed by atoms with Crippen LogP contribution in [0.4, 0.5) is 13.2 Å². The first-order chi connectivity index (χ1) is 8.85. The molecule has 1 aromatic carbocycles. The van der Waals surface area contributed by atoms with Crippen molar-refractivity contribution in [3.05, 3.63) is 43.2 Å². The first-order valence-electron chi connectivity index (χ1n) is 4.89. The van der Waals surface area contributed by atoms with Crippen LogP contribution in [0.5, 0.6) is 0 Å². The second kappa shape index (κ2) is 6.15. The van der Waals surface area contributed by atoms with Crippen LogP contribution in [0.15, 0.2) is 32.2 Å². The largest absolute Gasteiger partial charge is 0.446 e. The predicted octanol–water partition coefficient (Wildman–Crippen LogP) is 5.67. The summed E-state index contributed by atoms with van der Waals surface area (Å²) in [5.41, 5.74) is -3.74. The van der Waals surface area contributed by atoms with Crippen molar-refractivity contribution in [3.8, 4) is 0 Å². The average Bonchev–Trinajstić information content (AvgIpc) is 2.73. The molecule has 2 rings (SSSR count). The van der Waals surface area contributed by atoms with Gasteiger partial charge in [-0.2, -0.15) is 13.2 Å². The van der Waals surface area contributed by atoms with Crippen molar-refractivity contribution < 1.29 is 13.2 Å². The molecule has 1 heterocycles. The smallest absolute Gasteiger partial charge is 0.249 e. The van der Waals surface area contributed by atoms with Crippen molar-refractivity contribution in [2.24, 2.45) is 0 Å². The Hall–Kier alpha value is -0.0500. The lowest BCUT2D eigenvalue weighted by Crippen LogP contribution is -2.02. The number of hydrogen-bond donors (Lipinski definition) is 0. The highest BCUT2D eigenvalue weighted by atomic mass is 79.9. The number of thiazole rings is 1. The van der Waals surface area contributed by atoms with Gasteiger partial charge in [-0.25, -0.2) is 4.98 Å². The number of thioether (sulfide) groups is 1. The summed E-state index contributed by atoms with van der Waals surface area (Å²) in [5, 5.41) is 3.55. The highest BCUT2D eigenvalue weighted by molar-refractivity contribution is 9.11. The Morgan fingerprint density at radius 2 is 2.05 bits per heavy atom. The molecule has 0 amide bonds. The fourth-order valence-corrected chi connectivity index (χ4v) is 4.37. The molecule has 0 N–H and O–H groups in total. The normalized spacial score (nSPS) is 11.8. The van der Waals surface area contributed by atoms with Gasteiger partial charge in [-0.1, -0.05) is 31.9 Å². The Bertz CT molecular complexity index is 570. The second-order valence-electron chi connectivity index (χ2n) is 3.46. The van der Waals surface area contributed by atoms with E-state index in [0.717, 1.165) is 5.01 Å². The van der Waals surface area contributed by atoms with Gasteiger partial charge in [0.05, 0.1) is 10.4 Å². The van der Waals surface area contributed by atoms with Crippen LogP contribution in [0.1, 0.15) is 10.6 Å². The molecule has 0 saturated carbocycles. The first kappa shape index (κ1) is 15.3. The minimum absolute atomic E-state index is 0.116. The van der Waals surface area contributed by atoms with Gasteiger partial charge >= 0.3 is 5.51 Å². The van der Waals surface area contributed by atoms with Crippen LogP contribution < -0.4 is 0 Å². The lowest BCUT2D eigenvalue weighted by Gasteiger charge is -2.13. The molecule has 0 fully saturated rings. The molecule has 8 heteroatoms. The van der Waals surface area contributed by atoms with Crippen molar-refractivity contribution in [2.75, 3.05) is 0 Å². The Labute approximate surface area is 132 Å².